The normalized spacial score (nSPS) is 12.1. The minimum atomic E-state index is -1.60. The Labute approximate surface area is 172 Å². The van der Waals surface area contributed by atoms with Gasteiger partial charge in [-0.3, -0.25) is 14.4 Å². The zero-order valence-electron chi connectivity index (χ0n) is 17.2. The number of benzene rings is 2. The van der Waals surface area contributed by atoms with Crippen molar-refractivity contribution in [3.8, 4) is 0 Å². The lowest BCUT2D eigenvalue weighted by molar-refractivity contribution is -0.174. The first-order valence-corrected chi connectivity index (χ1v) is 9.98. The molecule has 1 unspecified atom stereocenters. The third-order valence-corrected chi connectivity index (χ3v) is 5.12. The zero-order valence-corrected chi connectivity index (χ0v) is 17.2. The van der Waals surface area contributed by atoms with E-state index in [1.54, 1.807) is 45.0 Å². The third kappa shape index (κ3) is 4.91. The average Bonchev–Trinajstić information content (AvgIpc) is 2.75. The Morgan fingerprint density at radius 1 is 0.793 bits per heavy atom. The number of carbonyl (C=O) groups is 3. The number of ketones is 1. The Bertz CT molecular complexity index is 796. The highest BCUT2D eigenvalue weighted by molar-refractivity contribution is 6.03. The van der Waals surface area contributed by atoms with Crippen LogP contribution in [-0.4, -0.2) is 30.9 Å². The molecule has 0 heterocycles. The number of hydrogen-bond acceptors (Lipinski definition) is 5. The van der Waals surface area contributed by atoms with Crippen molar-refractivity contribution in [1.29, 1.82) is 0 Å². The summed E-state index contributed by atoms with van der Waals surface area (Å²) in [6.45, 7) is 5.39. The molecule has 5 nitrogen and oxygen atoms in total. The van der Waals surface area contributed by atoms with Crippen LogP contribution in [0.25, 0.3) is 0 Å². The number of rotatable bonds is 10. The maximum absolute atomic E-state index is 13.1. The fraction of sp³-hybridized carbons (Fsp3) is 0.375. The van der Waals surface area contributed by atoms with Crippen LogP contribution < -0.4 is 0 Å². The summed E-state index contributed by atoms with van der Waals surface area (Å²) in [5.74, 6) is -2.17. The summed E-state index contributed by atoms with van der Waals surface area (Å²) in [5.41, 5.74) is -0.344. The highest BCUT2D eigenvalue weighted by Gasteiger charge is 2.54. The van der Waals surface area contributed by atoms with Gasteiger partial charge in [-0.25, -0.2) is 0 Å². The number of ether oxygens (including phenoxy) is 2. The topological polar surface area (TPSA) is 69.7 Å². The van der Waals surface area contributed by atoms with Crippen LogP contribution in [-0.2, 0) is 19.1 Å². The predicted octanol–water partition coefficient (Wildman–Crippen LogP) is 4.57. The van der Waals surface area contributed by atoms with E-state index in [4.69, 9.17) is 9.47 Å². The van der Waals surface area contributed by atoms with E-state index < -0.39 is 23.3 Å². The smallest absolute Gasteiger partial charge is 0.324 e. The van der Waals surface area contributed by atoms with E-state index in [0.29, 0.717) is 5.56 Å². The van der Waals surface area contributed by atoms with Gasteiger partial charge in [-0.05, 0) is 25.8 Å². The van der Waals surface area contributed by atoms with Crippen LogP contribution >= 0.6 is 0 Å². The highest BCUT2D eigenvalue weighted by atomic mass is 16.6. The molecule has 0 fully saturated rings. The SMILES string of the molecule is CCOC(=O)C(CC)(C(=O)OCC)C(CC(=O)c1ccccc1)c1ccccc1. The quantitative estimate of drug-likeness (QED) is 0.334. The Morgan fingerprint density at radius 2 is 1.28 bits per heavy atom. The van der Waals surface area contributed by atoms with E-state index >= 15 is 0 Å². The van der Waals surface area contributed by atoms with Crippen molar-refractivity contribution >= 4 is 17.7 Å². The van der Waals surface area contributed by atoms with E-state index in [-0.39, 0.29) is 31.8 Å². The molecule has 0 aliphatic carbocycles. The van der Waals surface area contributed by atoms with Gasteiger partial charge in [-0.15, -0.1) is 0 Å². The van der Waals surface area contributed by atoms with Gasteiger partial charge < -0.3 is 9.47 Å². The van der Waals surface area contributed by atoms with E-state index in [1.807, 2.05) is 36.4 Å². The van der Waals surface area contributed by atoms with Crippen molar-refractivity contribution in [3.63, 3.8) is 0 Å². The van der Waals surface area contributed by atoms with Gasteiger partial charge in [0.1, 0.15) is 0 Å². The summed E-state index contributed by atoms with van der Waals surface area (Å²) in [7, 11) is 0. The standard InChI is InChI=1S/C24H28O5/c1-4-24(22(26)28-5-2,23(27)29-6-3)20(18-13-9-7-10-14-18)17-21(25)19-15-11-8-12-16-19/h7-16,20H,4-6,17H2,1-3H3. The largest absolute Gasteiger partial charge is 0.465 e. The molecular weight excluding hydrogens is 368 g/mol. The van der Waals surface area contributed by atoms with E-state index in [0.717, 1.165) is 5.56 Å². The molecule has 0 spiro atoms. The molecule has 5 heteroatoms. The fourth-order valence-electron chi connectivity index (χ4n) is 3.61. The molecule has 0 aliphatic rings. The molecule has 29 heavy (non-hydrogen) atoms. The van der Waals surface area contributed by atoms with Gasteiger partial charge in [0.2, 0.25) is 0 Å². The molecule has 2 rings (SSSR count). The van der Waals surface area contributed by atoms with Crippen LogP contribution in [0.4, 0.5) is 0 Å². The highest BCUT2D eigenvalue weighted by Crippen LogP contribution is 2.44. The van der Waals surface area contributed by atoms with Crippen LogP contribution in [0, 0.1) is 5.41 Å². The molecule has 0 aromatic heterocycles. The lowest BCUT2D eigenvalue weighted by Crippen LogP contribution is -2.47. The van der Waals surface area contributed by atoms with Gasteiger partial charge in [0.05, 0.1) is 13.2 Å². The molecule has 154 valence electrons. The van der Waals surface area contributed by atoms with Crippen molar-refractivity contribution in [2.45, 2.75) is 39.5 Å². The molecule has 0 saturated heterocycles. The van der Waals surface area contributed by atoms with Crippen molar-refractivity contribution in [2.24, 2.45) is 5.41 Å². The van der Waals surface area contributed by atoms with Gasteiger partial charge in [-0.1, -0.05) is 67.6 Å². The molecule has 0 bridgehead atoms. The van der Waals surface area contributed by atoms with Crippen molar-refractivity contribution in [3.05, 3.63) is 71.8 Å². The summed E-state index contributed by atoms with van der Waals surface area (Å²) in [4.78, 5) is 39.3. The summed E-state index contributed by atoms with van der Waals surface area (Å²) in [6.07, 6.45) is 0.145. The maximum Gasteiger partial charge on any atom is 0.324 e. The van der Waals surface area contributed by atoms with E-state index in [9.17, 15) is 14.4 Å². The first-order chi connectivity index (χ1) is 14.0. The number of esters is 2. The molecular formula is C24H28O5. The Morgan fingerprint density at radius 3 is 1.72 bits per heavy atom. The van der Waals surface area contributed by atoms with Crippen molar-refractivity contribution in [1.82, 2.24) is 0 Å². The lowest BCUT2D eigenvalue weighted by Gasteiger charge is -2.35. The molecule has 2 aromatic carbocycles. The lowest BCUT2D eigenvalue weighted by atomic mass is 9.67. The summed E-state index contributed by atoms with van der Waals surface area (Å²) in [6, 6.07) is 18.0. The van der Waals surface area contributed by atoms with Gasteiger partial charge in [0.25, 0.3) is 0 Å². The van der Waals surface area contributed by atoms with Gasteiger partial charge in [0.15, 0.2) is 11.2 Å². The molecule has 2 aromatic rings. The number of Topliss-reactive ketones (excluding diaryl/α,β-unsaturated/α-hetero) is 1. The third-order valence-electron chi connectivity index (χ3n) is 5.12. The fourth-order valence-corrected chi connectivity index (χ4v) is 3.61. The van der Waals surface area contributed by atoms with Crippen molar-refractivity contribution in [2.75, 3.05) is 13.2 Å². The summed E-state index contributed by atoms with van der Waals surface area (Å²) in [5, 5.41) is 0. The van der Waals surface area contributed by atoms with Crippen molar-refractivity contribution < 1.29 is 23.9 Å². The Hall–Kier alpha value is -2.95. The number of hydrogen-bond donors (Lipinski definition) is 0. The predicted molar refractivity (Wildman–Crippen MR) is 111 cm³/mol. The molecule has 1 atom stereocenters. The maximum atomic E-state index is 13.1. The monoisotopic (exact) mass is 396 g/mol. The minimum Gasteiger partial charge on any atom is -0.465 e. The first kappa shape index (κ1) is 22.3. The second-order valence-corrected chi connectivity index (χ2v) is 6.72. The van der Waals surface area contributed by atoms with Crippen LogP contribution in [0.1, 0.15) is 55.5 Å². The second-order valence-electron chi connectivity index (χ2n) is 6.72. The Balaban J connectivity index is 2.59. The average molecular weight is 396 g/mol. The Kier molecular flexibility index (Phi) is 8.13. The minimum absolute atomic E-state index is 0.0144. The molecule has 0 radical (unpaired) electrons. The summed E-state index contributed by atoms with van der Waals surface area (Å²) < 4.78 is 10.6. The summed E-state index contributed by atoms with van der Waals surface area (Å²) >= 11 is 0. The molecule has 0 aliphatic heterocycles. The molecule has 0 N–H and O–H groups in total. The van der Waals surface area contributed by atoms with Gasteiger partial charge in [-0.2, -0.15) is 0 Å². The van der Waals surface area contributed by atoms with Crippen LogP contribution in [0.15, 0.2) is 60.7 Å². The van der Waals surface area contributed by atoms with E-state index in [1.165, 1.54) is 0 Å². The van der Waals surface area contributed by atoms with E-state index in [2.05, 4.69) is 0 Å². The van der Waals surface area contributed by atoms with Crippen LogP contribution in [0.5, 0.6) is 0 Å². The molecule has 0 saturated carbocycles. The zero-order chi connectivity index (χ0) is 21.3. The number of carbonyl (C=O) groups excluding carboxylic acids is 3. The van der Waals surface area contributed by atoms with Crippen LogP contribution in [0.3, 0.4) is 0 Å². The van der Waals surface area contributed by atoms with Gasteiger partial charge in [0, 0.05) is 17.9 Å². The van der Waals surface area contributed by atoms with Gasteiger partial charge >= 0.3 is 11.9 Å². The van der Waals surface area contributed by atoms with Crippen LogP contribution in [0.2, 0.25) is 0 Å². The first-order valence-electron chi connectivity index (χ1n) is 9.98. The molecule has 0 amide bonds. The second kappa shape index (κ2) is 10.6.